The molecule has 3 nitrogen and oxygen atoms in total. The maximum Gasteiger partial charge on any atom is 0.0756 e. The maximum absolute atomic E-state index is 4.36. The average Bonchev–Trinajstić information content (AvgIpc) is 2.25. The van der Waals surface area contributed by atoms with Crippen molar-refractivity contribution in [2.75, 3.05) is 0 Å². The van der Waals surface area contributed by atoms with Crippen LogP contribution in [0, 0.1) is 0 Å². The van der Waals surface area contributed by atoms with Gasteiger partial charge >= 0.3 is 0 Å². The Morgan fingerprint density at radius 3 is 2.67 bits per heavy atom. The molecule has 1 heterocycles. The van der Waals surface area contributed by atoms with Crippen LogP contribution in [0.2, 0.25) is 0 Å². The molecule has 0 fully saturated rings. The highest BCUT2D eigenvalue weighted by Crippen LogP contribution is 2.16. The molecular formula is C12H21N3. The molecular weight excluding hydrogens is 186 g/mol. The summed E-state index contributed by atoms with van der Waals surface area (Å²) in [7, 11) is 0. The highest BCUT2D eigenvalue weighted by Gasteiger charge is 2.12. The minimum absolute atomic E-state index is 0.346. The van der Waals surface area contributed by atoms with Gasteiger partial charge in [-0.1, -0.05) is 33.6 Å². The summed E-state index contributed by atoms with van der Waals surface area (Å²) in [5.41, 5.74) is 1.06. The van der Waals surface area contributed by atoms with Crippen molar-refractivity contribution in [2.24, 2.45) is 0 Å². The van der Waals surface area contributed by atoms with Crippen LogP contribution in [0.15, 0.2) is 18.6 Å². The highest BCUT2D eigenvalue weighted by molar-refractivity contribution is 5.02. The largest absolute Gasteiger partial charge is 0.306 e. The molecule has 1 N–H and O–H groups in total. The number of hydrogen-bond acceptors (Lipinski definition) is 3. The van der Waals surface area contributed by atoms with Crippen LogP contribution < -0.4 is 5.32 Å². The van der Waals surface area contributed by atoms with Crippen LogP contribution in [0.1, 0.15) is 51.8 Å². The van der Waals surface area contributed by atoms with Crippen LogP contribution in [0.4, 0.5) is 0 Å². The van der Waals surface area contributed by atoms with E-state index >= 15 is 0 Å². The Labute approximate surface area is 92.3 Å². The number of unbranched alkanes of at least 4 members (excludes halogenated alkanes) is 1. The lowest BCUT2D eigenvalue weighted by molar-refractivity contribution is 0.431. The molecule has 0 saturated carbocycles. The summed E-state index contributed by atoms with van der Waals surface area (Å²) in [5, 5.41) is 3.53. The van der Waals surface area contributed by atoms with E-state index in [1.807, 2.05) is 6.20 Å². The molecule has 0 radical (unpaired) electrons. The van der Waals surface area contributed by atoms with Crippen LogP contribution in [-0.4, -0.2) is 16.0 Å². The Morgan fingerprint density at radius 1 is 1.33 bits per heavy atom. The zero-order valence-corrected chi connectivity index (χ0v) is 9.90. The molecule has 0 aliphatic carbocycles. The topological polar surface area (TPSA) is 37.8 Å². The van der Waals surface area contributed by atoms with Crippen molar-refractivity contribution in [3.8, 4) is 0 Å². The molecule has 0 bridgehead atoms. The van der Waals surface area contributed by atoms with Crippen LogP contribution in [0.25, 0.3) is 0 Å². The molecule has 1 aromatic rings. The van der Waals surface area contributed by atoms with E-state index < -0.39 is 0 Å². The first kappa shape index (κ1) is 12.1. The predicted octanol–water partition coefficient (Wildman–Crippen LogP) is 2.71. The summed E-state index contributed by atoms with van der Waals surface area (Å²) < 4.78 is 0. The van der Waals surface area contributed by atoms with E-state index in [2.05, 4.69) is 36.1 Å². The van der Waals surface area contributed by atoms with Crippen molar-refractivity contribution in [1.82, 2.24) is 15.3 Å². The fraction of sp³-hybridized carbons (Fsp3) is 0.667. The van der Waals surface area contributed by atoms with Crippen LogP contribution in [0.3, 0.4) is 0 Å². The van der Waals surface area contributed by atoms with Gasteiger partial charge in [0.25, 0.3) is 0 Å². The van der Waals surface area contributed by atoms with Gasteiger partial charge in [0.2, 0.25) is 0 Å². The summed E-state index contributed by atoms with van der Waals surface area (Å²) in [6.07, 6.45) is 8.91. The number of rotatable bonds is 6. The summed E-state index contributed by atoms with van der Waals surface area (Å²) in [6, 6.07) is 0.826. The van der Waals surface area contributed by atoms with Crippen LogP contribution >= 0.6 is 0 Å². The second-order valence-corrected chi connectivity index (χ2v) is 4.15. The first-order valence-corrected chi connectivity index (χ1v) is 5.76. The predicted molar refractivity (Wildman–Crippen MR) is 62.6 cm³/mol. The summed E-state index contributed by atoms with van der Waals surface area (Å²) in [6.45, 7) is 6.54. The second-order valence-electron chi connectivity index (χ2n) is 4.15. The van der Waals surface area contributed by atoms with Gasteiger partial charge in [-0.3, -0.25) is 9.97 Å². The van der Waals surface area contributed by atoms with Crippen molar-refractivity contribution >= 4 is 0 Å². The minimum atomic E-state index is 0.346. The van der Waals surface area contributed by atoms with Gasteiger partial charge in [0, 0.05) is 24.6 Å². The summed E-state index contributed by atoms with van der Waals surface area (Å²) >= 11 is 0. The second kappa shape index (κ2) is 6.51. The number of aromatic nitrogens is 2. The Hall–Kier alpha value is -0.960. The molecule has 3 heteroatoms. The molecule has 1 atom stereocenters. The average molecular weight is 207 g/mol. The van der Waals surface area contributed by atoms with Gasteiger partial charge in [-0.2, -0.15) is 0 Å². The Kier molecular flexibility index (Phi) is 5.26. The SMILES string of the molecule is CCCCC(NC(C)C)c1cnccn1. The monoisotopic (exact) mass is 207 g/mol. The molecule has 0 amide bonds. The molecule has 0 saturated heterocycles. The van der Waals surface area contributed by atoms with Gasteiger partial charge in [0.15, 0.2) is 0 Å². The summed E-state index contributed by atoms with van der Waals surface area (Å²) in [5.74, 6) is 0. The molecule has 0 aliphatic rings. The number of nitrogens with zero attached hydrogens (tertiary/aromatic N) is 2. The van der Waals surface area contributed by atoms with Gasteiger partial charge in [0.1, 0.15) is 0 Å². The molecule has 84 valence electrons. The molecule has 15 heavy (non-hydrogen) atoms. The molecule has 0 aromatic carbocycles. The Morgan fingerprint density at radius 2 is 2.13 bits per heavy atom. The molecule has 1 rings (SSSR count). The standard InChI is InChI=1S/C12H21N3/c1-4-5-6-11(15-10(2)3)12-9-13-7-8-14-12/h7-11,15H,4-6H2,1-3H3. The minimum Gasteiger partial charge on any atom is -0.306 e. The molecule has 1 aromatic heterocycles. The van der Waals surface area contributed by atoms with Crippen LogP contribution in [-0.2, 0) is 0 Å². The highest BCUT2D eigenvalue weighted by atomic mass is 15.0. The van der Waals surface area contributed by atoms with E-state index in [-0.39, 0.29) is 0 Å². The van der Waals surface area contributed by atoms with Gasteiger partial charge < -0.3 is 5.32 Å². The van der Waals surface area contributed by atoms with E-state index in [9.17, 15) is 0 Å². The van der Waals surface area contributed by atoms with E-state index in [1.54, 1.807) is 12.4 Å². The smallest absolute Gasteiger partial charge is 0.0756 e. The number of hydrogen-bond donors (Lipinski definition) is 1. The fourth-order valence-electron chi connectivity index (χ4n) is 1.62. The first-order valence-electron chi connectivity index (χ1n) is 5.76. The van der Waals surface area contributed by atoms with Crippen molar-refractivity contribution in [1.29, 1.82) is 0 Å². The molecule has 0 spiro atoms. The lowest BCUT2D eigenvalue weighted by Gasteiger charge is -2.20. The van der Waals surface area contributed by atoms with Crippen LogP contribution in [0.5, 0.6) is 0 Å². The third kappa shape index (κ3) is 4.38. The summed E-state index contributed by atoms with van der Waals surface area (Å²) in [4.78, 5) is 8.48. The van der Waals surface area contributed by atoms with Gasteiger partial charge in [-0.15, -0.1) is 0 Å². The lowest BCUT2D eigenvalue weighted by atomic mass is 10.1. The normalized spacial score (nSPS) is 13.1. The molecule has 1 unspecified atom stereocenters. The van der Waals surface area contributed by atoms with E-state index in [1.165, 1.54) is 12.8 Å². The van der Waals surface area contributed by atoms with E-state index in [0.717, 1.165) is 12.1 Å². The fourth-order valence-corrected chi connectivity index (χ4v) is 1.62. The van der Waals surface area contributed by atoms with Crippen molar-refractivity contribution in [3.05, 3.63) is 24.3 Å². The van der Waals surface area contributed by atoms with Gasteiger partial charge in [-0.25, -0.2) is 0 Å². The maximum atomic E-state index is 4.36. The van der Waals surface area contributed by atoms with E-state index in [4.69, 9.17) is 0 Å². The Bertz CT molecular complexity index is 259. The third-order valence-electron chi connectivity index (χ3n) is 2.32. The quantitative estimate of drug-likeness (QED) is 0.779. The van der Waals surface area contributed by atoms with E-state index in [0.29, 0.717) is 12.1 Å². The third-order valence-corrected chi connectivity index (χ3v) is 2.32. The Balaban J connectivity index is 2.63. The van der Waals surface area contributed by atoms with Crippen molar-refractivity contribution < 1.29 is 0 Å². The lowest BCUT2D eigenvalue weighted by Crippen LogP contribution is -2.28. The first-order chi connectivity index (χ1) is 7.24. The zero-order chi connectivity index (χ0) is 11.1. The number of nitrogens with one attached hydrogen (secondary N) is 1. The zero-order valence-electron chi connectivity index (χ0n) is 9.90. The van der Waals surface area contributed by atoms with Gasteiger partial charge in [-0.05, 0) is 6.42 Å². The van der Waals surface area contributed by atoms with Crippen molar-refractivity contribution in [3.63, 3.8) is 0 Å². The van der Waals surface area contributed by atoms with Crippen molar-refractivity contribution in [2.45, 2.75) is 52.1 Å². The van der Waals surface area contributed by atoms with Gasteiger partial charge in [0.05, 0.1) is 11.7 Å². The molecule has 0 aliphatic heterocycles.